The standard InChI is InChI=1S/C14H14ClF3N4O/c1-2-11-20-12(21-23-11)10-4-3-5-22(10)13-9(15)6-8(7-19-13)14(16,17)18/h6-7,10H,2-5H2,1H3/t10-/m1/s1. The molecule has 5 nitrogen and oxygen atoms in total. The van der Waals surface area contributed by atoms with E-state index in [1.54, 1.807) is 0 Å². The van der Waals surface area contributed by atoms with Crippen molar-refractivity contribution in [3.05, 3.63) is 34.6 Å². The molecule has 9 heteroatoms. The van der Waals surface area contributed by atoms with Crippen LogP contribution >= 0.6 is 11.6 Å². The van der Waals surface area contributed by atoms with E-state index in [9.17, 15) is 13.2 Å². The highest BCUT2D eigenvalue weighted by molar-refractivity contribution is 6.33. The minimum atomic E-state index is -4.47. The Labute approximate surface area is 135 Å². The molecule has 0 saturated carbocycles. The van der Waals surface area contributed by atoms with Crippen LogP contribution < -0.4 is 4.90 Å². The quantitative estimate of drug-likeness (QED) is 0.839. The largest absolute Gasteiger partial charge is 0.417 e. The lowest BCUT2D eigenvalue weighted by Gasteiger charge is -2.24. The fourth-order valence-electron chi connectivity index (χ4n) is 2.63. The zero-order valence-electron chi connectivity index (χ0n) is 12.3. The molecule has 2 aromatic heterocycles. The van der Waals surface area contributed by atoms with Crippen molar-refractivity contribution < 1.29 is 17.7 Å². The number of nitrogens with zero attached hydrogens (tertiary/aromatic N) is 4. The number of rotatable bonds is 3. The van der Waals surface area contributed by atoms with Gasteiger partial charge in [-0.05, 0) is 18.9 Å². The Morgan fingerprint density at radius 1 is 1.43 bits per heavy atom. The van der Waals surface area contributed by atoms with Crippen molar-refractivity contribution in [2.75, 3.05) is 11.4 Å². The third-order valence-electron chi connectivity index (χ3n) is 3.76. The Morgan fingerprint density at radius 2 is 2.22 bits per heavy atom. The molecule has 23 heavy (non-hydrogen) atoms. The van der Waals surface area contributed by atoms with Crippen molar-refractivity contribution in [1.29, 1.82) is 0 Å². The molecule has 3 rings (SSSR count). The molecular weight excluding hydrogens is 333 g/mol. The van der Waals surface area contributed by atoms with Gasteiger partial charge in [-0.1, -0.05) is 23.7 Å². The molecule has 124 valence electrons. The highest BCUT2D eigenvalue weighted by atomic mass is 35.5. The van der Waals surface area contributed by atoms with Gasteiger partial charge in [-0.25, -0.2) is 4.98 Å². The predicted molar refractivity (Wildman–Crippen MR) is 77.2 cm³/mol. The summed E-state index contributed by atoms with van der Waals surface area (Å²) in [4.78, 5) is 10.0. The van der Waals surface area contributed by atoms with Crippen LogP contribution in [0.25, 0.3) is 0 Å². The van der Waals surface area contributed by atoms with Crippen molar-refractivity contribution in [3.63, 3.8) is 0 Å². The number of aryl methyl sites for hydroxylation is 1. The van der Waals surface area contributed by atoms with Gasteiger partial charge in [0.2, 0.25) is 5.89 Å². The second kappa shape index (κ2) is 5.99. The Kier molecular flexibility index (Phi) is 4.18. The second-order valence-electron chi connectivity index (χ2n) is 5.28. The van der Waals surface area contributed by atoms with Gasteiger partial charge in [-0.15, -0.1) is 0 Å². The SMILES string of the molecule is CCc1nc([C@H]2CCCN2c2ncc(C(F)(F)F)cc2Cl)no1. The zero-order chi connectivity index (χ0) is 16.6. The van der Waals surface area contributed by atoms with Gasteiger partial charge in [0.25, 0.3) is 0 Å². The third-order valence-corrected chi connectivity index (χ3v) is 4.04. The van der Waals surface area contributed by atoms with E-state index in [1.165, 1.54) is 0 Å². The molecule has 3 heterocycles. The molecule has 1 atom stereocenters. The summed E-state index contributed by atoms with van der Waals surface area (Å²) < 4.78 is 43.3. The fourth-order valence-corrected chi connectivity index (χ4v) is 2.91. The predicted octanol–water partition coefficient (Wildman–Crippen LogP) is 4.04. The molecule has 0 unspecified atom stereocenters. The van der Waals surface area contributed by atoms with Crippen LogP contribution in [0.3, 0.4) is 0 Å². The Hall–Kier alpha value is -1.83. The number of anilines is 1. The third kappa shape index (κ3) is 3.12. The van der Waals surface area contributed by atoms with Gasteiger partial charge in [0.1, 0.15) is 5.82 Å². The first-order chi connectivity index (χ1) is 10.9. The summed E-state index contributed by atoms with van der Waals surface area (Å²) in [5.41, 5.74) is -0.866. The first-order valence-corrected chi connectivity index (χ1v) is 7.59. The van der Waals surface area contributed by atoms with E-state index in [-0.39, 0.29) is 11.1 Å². The molecule has 1 fully saturated rings. The van der Waals surface area contributed by atoms with E-state index < -0.39 is 11.7 Å². The Morgan fingerprint density at radius 3 is 2.83 bits per heavy atom. The van der Waals surface area contributed by atoms with Gasteiger partial charge in [0, 0.05) is 19.2 Å². The van der Waals surface area contributed by atoms with E-state index in [0.29, 0.717) is 30.5 Å². The minimum Gasteiger partial charge on any atom is -0.345 e. The first-order valence-electron chi connectivity index (χ1n) is 7.22. The number of alkyl halides is 3. The van der Waals surface area contributed by atoms with Crippen LogP contribution in [0.1, 0.15) is 43.1 Å². The molecule has 1 saturated heterocycles. The van der Waals surface area contributed by atoms with Crippen LogP contribution in [0.15, 0.2) is 16.8 Å². The average Bonchev–Trinajstić information content (AvgIpc) is 3.14. The normalized spacial score (nSPS) is 18.7. The zero-order valence-corrected chi connectivity index (χ0v) is 13.0. The van der Waals surface area contributed by atoms with Crippen molar-refractivity contribution in [2.45, 2.75) is 38.4 Å². The number of hydrogen-bond acceptors (Lipinski definition) is 5. The maximum atomic E-state index is 12.7. The molecule has 0 aromatic carbocycles. The molecule has 1 aliphatic rings. The average molecular weight is 347 g/mol. The Bertz CT molecular complexity index is 704. The van der Waals surface area contributed by atoms with Gasteiger partial charge in [-0.3, -0.25) is 0 Å². The molecule has 0 bridgehead atoms. The molecule has 0 radical (unpaired) electrons. The van der Waals surface area contributed by atoms with E-state index in [4.69, 9.17) is 16.1 Å². The summed E-state index contributed by atoms with van der Waals surface area (Å²) in [6.07, 6.45) is -1.44. The second-order valence-corrected chi connectivity index (χ2v) is 5.69. The summed E-state index contributed by atoms with van der Waals surface area (Å²) in [6.45, 7) is 2.52. The van der Waals surface area contributed by atoms with E-state index in [2.05, 4.69) is 15.1 Å². The van der Waals surface area contributed by atoms with Crippen molar-refractivity contribution in [1.82, 2.24) is 15.1 Å². The highest BCUT2D eigenvalue weighted by Crippen LogP contribution is 2.39. The molecule has 0 aliphatic carbocycles. The number of halogens is 4. The van der Waals surface area contributed by atoms with Crippen LogP contribution in [0.4, 0.5) is 19.0 Å². The summed E-state index contributed by atoms with van der Waals surface area (Å²) in [5, 5.41) is 3.92. The van der Waals surface area contributed by atoms with Crippen LogP contribution in [0, 0.1) is 0 Å². The van der Waals surface area contributed by atoms with E-state index in [1.807, 2.05) is 11.8 Å². The lowest BCUT2D eigenvalue weighted by atomic mass is 10.2. The van der Waals surface area contributed by atoms with Crippen LogP contribution in [-0.4, -0.2) is 21.7 Å². The summed E-state index contributed by atoms with van der Waals surface area (Å²) >= 11 is 6.03. The van der Waals surface area contributed by atoms with Crippen molar-refractivity contribution >= 4 is 17.4 Å². The molecule has 0 spiro atoms. The first kappa shape index (κ1) is 16.0. The van der Waals surface area contributed by atoms with Gasteiger partial charge < -0.3 is 9.42 Å². The van der Waals surface area contributed by atoms with Gasteiger partial charge in [0.05, 0.1) is 16.6 Å². The lowest BCUT2D eigenvalue weighted by Crippen LogP contribution is -2.25. The Balaban J connectivity index is 1.91. The van der Waals surface area contributed by atoms with Crippen LogP contribution in [0.5, 0.6) is 0 Å². The van der Waals surface area contributed by atoms with E-state index >= 15 is 0 Å². The monoisotopic (exact) mass is 346 g/mol. The van der Waals surface area contributed by atoms with Crippen molar-refractivity contribution in [3.8, 4) is 0 Å². The van der Waals surface area contributed by atoms with Crippen LogP contribution in [-0.2, 0) is 12.6 Å². The maximum Gasteiger partial charge on any atom is 0.417 e. The lowest BCUT2D eigenvalue weighted by molar-refractivity contribution is -0.137. The topological polar surface area (TPSA) is 55.1 Å². The minimum absolute atomic E-state index is 0.0362. The van der Waals surface area contributed by atoms with Gasteiger partial charge >= 0.3 is 6.18 Å². The molecule has 1 aliphatic heterocycles. The fraction of sp³-hybridized carbons (Fsp3) is 0.500. The molecule has 0 N–H and O–H groups in total. The molecule has 2 aromatic rings. The summed E-state index contributed by atoms with van der Waals surface area (Å²) in [7, 11) is 0. The summed E-state index contributed by atoms with van der Waals surface area (Å²) in [5.74, 6) is 1.35. The van der Waals surface area contributed by atoms with Crippen LogP contribution in [0.2, 0.25) is 5.02 Å². The van der Waals surface area contributed by atoms with E-state index in [0.717, 1.165) is 25.1 Å². The number of pyridine rings is 1. The van der Waals surface area contributed by atoms with Gasteiger partial charge in [-0.2, -0.15) is 18.2 Å². The van der Waals surface area contributed by atoms with Crippen molar-refractivity contribution in [2.24, 2.45) is 0 Å². The summed E-state index contributed by atoms with van der Waals surface area (Å²) in [6, 6.07) is 0.702. The molecule has 0 amide bonds. The van der Waals surface area contributed by atoms with Gasteiger partial charge in [0.15, 0.2) is 5.82 Å². The smallest absolute Gasteiger partial charge is 0.345 e. The number of hydrogen-bond donors (Lipinski definition) is 0. The number of aromatic nitrogens is 3. The maximum absolute atomic E-state index is 12.7. The highest BCUT2D eigenvalue weighted by Gasteiger charge is 2.35. The molecular formula is C14H14ClF3N4O.